The van der Waals surface area contributed by atoms with Gasteiger partial charge >= 0.3 is 5.97 Å². The second kappa shape index (κ2) is 8.28. The van der Waals surface area contributed by atoms with Crippen molar-refractivity contribution < 1.29 is 14.3 Å². The Bertz CT molecular complexity index is 921. The van der Waals surface area contributed by atoms with Crippen molar-refractivity contribution in [3.63, 3.8) is 0 Å². The molecule has 0 unspecified atom stereocenters. The van der Waals surface area contributed by atoms with Crippen molar-refractivity contribution in [1.82, 2.24) is 0 Å². The average molecular weight is 381 g/mol. The van der Waals surface area contributed by atoms with Crippen molar-refractivity contribution in [1.29, 1.82) is 0 Å². The second-order valence-electron chi connectivity index (χ2n) is 6.52. The van der Waals surface area contributed by atoms with E-state index in [0.29, 0.717) is 16.5 Å². The van der Waals surface area contributed by atoms with E-state index in [0.717, 1.165) is 22.3 Å². The lowest BCUT2D eigenvalue weighted by Crippen LogP contribution is -2.17. The van der Waals surface area contributed by atoms with Crippen LogP contribution in [0.15, 0.2) is 60.7 Å². The number of aryl methyl sites for hydroxylation is 3. The maximum atomic E-state index is 12.0. The normalized spacial score (nSPS) is 10.5. The summed E-state index contributed by atoms with van der Waals surface area (Å²) in [6, 6.07) is 19.3. The Hall–Kier alpha value is -2.78. The monoisotopic (exact) mass is 380 g/mol. The zero-order chi connectivity index (χ0) is 19.4. The SMILES string of the molecule is Cc1ccc(-c2ccc(OC(=O)COc3cc(C)c(Cl)c(C)c3)cc2)cc1. The smallest absolute Gasteiger partial charge is 0.349 e. The van der Waals surface area contributed by atoms with Gasteiger partial charge in [-0.2, -0.15) is 0 Å². The zero-order valence-electron chi connectivity index (χ0n) is 15.6. The van der Waals surface area contributed by atoms with Crippen molar-refractivity contribution in [3.8, 4) is 22.6 Å². The van der Waals surface area contributed by atoms with E-state index in [2.05, 4.69) is 31.2 Å². The molecule has 3 rings (SSSR count). The third kappa shape index (κ3) is 4.89. The Morgan fingerprint density at radius 3 is 1.89 bits per heavy atom. The first-order valence-corrected chi connectivity index (χ1v) is 9.07. The third-order valence-electron chi connectivity index (χ3n) is 4.24. The Morgan fingerprint density at radius 2 is 1.33 bits per heavy atom. The van der Waals surface area contributed by atoms with Crippen LogP contribution in [0.3, 0.4) is 0 Å². The molecule has 3 aromatic carbocycles. The van der Waals surface area contributed by atoms with E-state index in [4.69, 9.17) is 21.1 Å². The molecule has 0 aromatic heterocycles. The molecule has 0 amide bonds. The van der Waals surface area contributed by atoms with Gasteiger partial charge in [0.25, 0.3) is 0 Å². The van der Waals surface area contributed by atoms with Crippen molar-refractivity contribution >= 4 is 17.6 Å². The van der Waals surface area contributed by atoms with E-state index in [9.17, 15) is 4.79 Å². The number of hydrogen-bond acceptors (Lipinski definition) is 3. The molecule has 0 radical (unpaired) electrons. The molecule has 0 bridgehead atoms. The van der Waals surface area contributed by atoms with Gasteiger partial charge in [0.15, 0.2) is 6.61 Å². The molecule has 3 nitrogen and oxygen atoms in total. The van der Waals surface area contributed by atoms with Crippen molar-refractivity contribution in [2.24, 2.45) is 0 Å². The average Bonchev–Trinajstić information content (AvgIpc) is 2.65. The van der Waals surface area contributed by atoms with Crippen LogP contribution in [0, 0.1) is 20.8 Å². The molecule has 3 aromatic rings. The summed E-state index contributed by atoms with van der Waals surface area (Å²) in [5.41, 5.74) is 5.22. The lowest BCUT2D eigenvalue weighted by atomic mass is 10.0. The molecule has 0 fully saturated rings. The summed E-state index contributed by atoms with van der Waals surface area (Å²) in [6.07, 6.45) is 0. The second-order valence-corrected chi connectivity index (χ2v) is 6.90. The topological polar surface area (TPSA) is 35.5 Å². The molecule has 0 spiro atoms. The first kappa shape index (κ1) is 19.0. The van der Waals surface area contributed by atoms with Crippen LogP contribution in [0.2, 0.25) is 5.02 Å². The molecule has 0 N–H and O–H groups in total. The Balaban J connectivity index is 1.58. The van der Waals surface area contributed by atoms with Crippen molar-refractivity contribution in [2.45, 2.75) is 20.8 Å². The van der Waals surface area contributed by atoms with E-state index < -0.39 is 5.97 Å². The fourth-order valence-electron chi connectivity index (χ4n) is 2.75. The van der Waals surface area contributed by atoms with E-state index >= 15 is 0 Å². The summed E-state index contributed by atoms with van der Waals surface area (Å²) in [6.45, 7) is 5.69. The summed E-state index contributed by atoms with van der Waals surface area (Å²) < 4.78 is 10.9. The van der Waals surface area contributed by atoms with Crippen LogP contribution in [0.1, 0.15) is 16.7 Å². The van der Waals surface area contributed by atoms with Crippen molar-refractivity contribution in [3.05, 3.63) is 82.4 Å². The van der Waals surface area contributed by atoms with Gasteiger partial charge in [-0.25, -0.2) is 4.79 Å². The van der Waals surface area contributed by atoms with E-state index in [1.165, 1.54) is 5.56 Å². The summed E-state index contributed by atoms with van der Waals surface area (Å²) in [7, 11) is 0. The Labute approximate surface area is 164 Å². The van der Waals surface area contributed by atoms with Gasteiger partial charge in [0.2, 0.25) is 0 Å². The van der Waals surface area contributed by atoms with Crippen LogP contribution in [0.5, 0.6) is 11.5 Å². The minimum Gasteiger partial charge on any atom is -0.482 e. The molecule has 0 aliphatic rings. The molecule has 0 saturated heterocycles. The number of halogens is 1. The summed E-state index contributed by atoms with van der Waals surface area (Å²) in [4.78, 5) is 12.0. The lowest BCUT2D eigenvalue weighted by Gasteiger charge is -2.10. The van der Waals surface area contributed by atoms with Crippen LogP contribution in [0.25, 0.3) is 11.1 Å². The highest BCUT2D eigenvalue weighted by molar-refractivity contribution is 6.32. The standard InChI is InChI=1S/C23H21ClO3/c1-15-4-6-18(7-5-15)19-8-10-20(11-9-19)27-22(25)14-26-21-12-16(2)23(24)17(3)13-21/h4-13H,14H2,1-3H3. The molecule has 0 aliphatic carbocycles. The van der Waals surface area contributed by atoms with Gasteiger partial charge in [-0.05, 0) is 67.3 Å². The minimum atomic E-state index is -0.455. The van der Waals surface area contributed by atoms with Gasteiger partial charge < -0.3 is 9.47 Å². The molecule has 138 valence electrons. The van der Waals surface area contributed by atoms with Crippen molar-refractivity contribution in [2.75, 3.05) is 6.61 Å². The Morgan fingerprint density at radius 1 is 0.815 bits per heavy atom. The van der Waals surface area contributed by atoms with Crippen LogP contribution >= 0.6 is 11.6 Å². The molecule has 0 aliphatic heterocycles. The maximum Gasteiger partial charge on any atom is 0.349 e. The lowest BCUT2D eigenvalue weighted by molar-refractivity contribution is -0.136. The van der Waals surface area contributed by atoms with Gasteiger partial charge in [0, 0.05) is 5.02 Å². The molecule has 0 atom stereocenters. The molecular weight excluding hydrogens is 360 g/mol. The number of esters is 1. The summed E-state index contributed by atoms with van der Waals surface area (Å²) in [5, 5.41) is 0.707. The van der Waals surface area contributed by atoms with E-state index in [1.54, 1.807) is 24.3 Å². The molecule has 0 saturated carbocycles. The molecular formula is C23H21ClO3. The zero-order valence-corrected chi connectivity index (χ0v) is 16.3. The van der Waals surface area contributed by atoms with Crippen LogP contribution < -0.4 is 9.47 Å². The van der Waals surface area contributed by atoms with E-state index in [-0.39, 0.29) is 6.61 Å². The molecule has 0 heterocycles. The van der Waals surface area contributed by atoms with Gasteiger partial charge in [-0.1, -0.05) is 53.6 Å². The minimum absolute atomic E-state index is 0.166. The predicted octanol–water partition coefficient (Wildman–Crippen LogP) is 5.92. The number of benzene rings is 3. The van der Waals surface area contributed by atoms with E-state index in [1.807, 2.05) is 26.0 Å². The van der Waals surface area contributed by atoms with Gasteiger partial charge in [-0.15, -0.1) is 0 Å². The number of carbonyl (C=O) groups is 1. The number of rotatable bonds is 5. The third-order valence-corrected chi connectivity index (χ3v) is 4.83. The number of hydrogen-bond donors (Lipinski definition) is 0. The predicted molar refractivity (Wildman–Crippen MR) is 109 cm³/mol. The highest BCUT2D eigenvalue weighted by Gasteiger charge is 2.09. The summed E-state index contributed by atoms with van der Waals surface area (Å²) in [5.74, 6) is 0.632. The summed E-state index contributed by atoms with van der Waals surface area (Å²) >= 11 is 6.14. The number of ether oxygens (including phenoxy) is 2. The van der Waals surface area contributed by atoms with Crippen LogP contribution in [-0.4, -0.2) is 12.6 Å². The fourth-order valence-corrected chi connectivity index (χ4v) is 2.86. The van der Waals surface area contributed by atoms with Gasteiger partial charge in [0.1, 0.15) is 11.5 Å². The first-order chi connectivity index (χ1) is 12.9. The van der Waals surface area contributed by atoms with Gasteiger partial charge in [-0.3, -0.25) is 0 Å². The Kier molecular flexibility index (Phi) is 5.82. The van der Waals surface area contributed by atoms with Gasteiger partial charge in [0.05, 0.1) is 0 Å². The molecule has 27 heavy (non-hydrogen) atoms. The number of carbonyl (C=O) groups excluding carboxylic acids is 1. The van der Waals surface area contributed by atoms with Crippen LogP contribution in [-0.2, 0) is 4.79 Å². The fraction of sp³-hybridized carbons (Fsp3) is 0.174. The first-order valence-electron chi connectivity index (χ1n) is 8.70. The van der Waals surface area contributed by atoms with Crippen LogP contribution in [0.4, 0.5) is 0 Å². The highest BCUT2D eigenvalue weighted by atomic mass is 35.5. The largest absolute Gasteiger partial charge is 0.482 e. The molecule has 4 heteroatoms. The quantitative estimate of drug-likeness (QED) is 0.407. The maximum absolute atomic E-state index is 12.0. The highest BCUT2D eigenvalue weighted by Crippen LogP contribution is 2.26.